The van der Waals surface area contributed by atoms with Crippen molar-refractivity contribution in [2.75, 3.05) is 18.0 Å². The van der Waals surface area contributed by atoms with Crippen LogP contribution in [0.5, 0.6) is 0 Å². The van der Waals surface area contributed by atoms with E-state index in [9.17, 15) is 4.79 Å². The fourth-order valence-corrected chi connectivity index (χ4v) is 2.62. The van der Waals surface area contributed by atoms with Crippen LogP contribution >= 0.6 is 11.8 Å². The van der Waals surface area contributed by atoms with Gasteiger partial charge in [-0.1, -0.05) is 30.3 Å². The van der Waals surface area contributed by atoms with E-state index in [1.165, 1.54) is 4.90 Å². The summed E-state index contributed by atoms with van der Waals surface area (Å²) in [5, 5.41) is 2.92. The molecule has 2 aromatic rings. The summed E-state index contributed by atoms with van der Waals surface area (Å²) >= 11 is 1.74. The molecule has 3 nitrogen and oxygen atoms in total. The molecule has 0 spiro atoms. The molecule has 0 bridgehead atoms. The Bertz CT molecular complexity index is 557. The van der Waals surface area contributed by atoms with Crippen molar-refractivity contribution in [1.29, 1.82) is 0 Å². The highest BCUT2D eigenvalue weighted by atomic mass is 32.2. The molecule has 2 rings (SSSR count). The molecule has 2 aromatic carbocycles. The standard InChI is InChI=1S/C16H18N2OS/c17-14-6-4-5-13(11-14)12-16(19)18-9-10-20-15-7-2-1-3-8-15/h1-8,11H,9-10,12,17H2,(H,18,19). The lowest BCUT2D eigenvalue weighted by atomic mass is 10.1. The molecule has 0 atom stereocenters. The van der Waals surface area contributed by atoms with Crippen LogP contribution in [0, 0.1) is 0 Å². The smallest absolute Gasteiger partial charge is 0.224 e. The average molecular weight is 286 g/mol. The molecule has 0 unspecified atom stereocenters. The van der Waals surface area contributed by atoms with Gasteiger partial charge in [0, 0.05) is 22.9 Å². The minimum absolute atomic E-state index is 0.0317. The molecule has 104 valence electrons. The number of nitrogen functional groups attached to an aromatic ring is 1. The summed E-state index contributed by atoms with van der Waals surface area (Å²) in [7, 11) is 0. The Labute approximate surface area is 123 Å². The highest BCUT2D eigenvalue weighted by Crippen LogP contribution is 2.15. The first-order chi connectivity index (χ1) is 9.74. The molecule has 3 N–H and O–H groups in total. The summed E-state index contributed by atoms with van der Waals surface area (Å²) in [5.74, 6) is 0.899. The normalized spacial score (nSPS) is 10.2. The Morgan fingerprint density at radius 2 is 1.90 bits per heavy atom. The number of carbonyl (C=O) groups excluding carboxylic acids is 1. The molecular formula is C16H18N2OS. The number of nitrogens with one attached hydrogen (secondary N) is 1. The largest absolute Gasteiger partial charge is 0.399 e. The quantitative estimate of drug-likeness (QED) is 0.488. The minimum Gasteiger partial charge on any atom is -0.399 e. The second-order valence-corrected chi connectivity index (χ2v) is 5.60. The van der Waals surface area contributed by atoms with Gasteiger partial charge in [-0.15, -0.1) is 11.8 Å². The van der Waals surface area contributed by atoms with Gasteiger partial charge < -0.3 is 11.1 Å². The van der Waals surface area contributed by atoms with Crippen molar-refractivity contribution in [2.45, 2.75) is 11.3 Å². The molecule has 0 aromatic heterocycles. The molecule has 0 aliphatic rings. The maximum atomic E-state index is 11.8. The number of amides is 1. The first kappa shape index (κ1) is 14.5. The van der Waals surface area contributed by atoms with Crippen LogP contribution in [-0.4, -0.2) is 18.2 Å². The lowest BCUT2D eigenvalue weighted by Crippen LogP contribution is -2.27. The first-order valence-electron chi connectivity index (χ1n) is 6.53. The molecule has 20 heavy (non-hydrogen) atoms. The Hall–Kier alpha value is -1.94. The number of anilines is 1. The summed E-state index contributed by atoms with van der Waals surface area (Å²) in [6.45, 7) is 0.667. The first-order valence-corrected chi connectivity index (χ1v) is 7.51. The van der Waals surface area contributed by atoms with Crippen LogP contribution in [-0.2, 0) is 11.2 Å². The van der Waals surface area contributed by atoms with E-state index >= 15 is 0 Å². The predicted octanol–water partition coefficient (Wildman–Crippen LogP) is 2.72. The molecule has 1 amide bonds. The van der Waals surface area contributed by atoms with Crippen molar-refractivity contribution in [3.63, 3.8) is 0 Å². The number of hydrogen-bond donors (Lipinski definition) is 2. The molecule has 0 aliphatic carbocycles. The highest BCUT2D eigenvalue weighted by Gasteiger charge is 2.03. The van der Waals surface area contributed by atoms with Crippen LogP contribution < -0.4 is 11.1 Å². The number of nitrogens with two attached hydrogens (primary N) is 1. The maximum absolute atomic E-state index is 11.8. The third-order valence-electron chi connectivity index (χ3n) is 2.75. The van der Waals surface area contributed by atoms with Crippen LogP contribution in [0.4, 0.5) is 5.69 Å². The van der Waals surface area contributed by atoms with Gasteiger partial charge in [-0.3, -0.25) is 4.79 Å². The van der Waals surface area contributed by atoms with Crippen LogP contribution in [0.3, 0.4) is 0 Å². The molecule has 0 aliphatic heterocycles. The Morgan fingerprint density at radius 3 is 2.65 bits per heavy atom. The summed E-state index contributed by atoms with van der Waals surface area (Å²) in [5.41, 5.74) is 7.32. The van der Waals surface area contributed by atoms with E-state index in [-0.39, 0.29) is 5.91 Å². The van der Waals surface area contributed by atoms with Crippen LogP contribution in [0.25, 0.3) is 0 Å². The lowest BCUT2D eigenvalue weighted by Gasteiger charge is -2.06. The van der Waals surface area contributed by atoms with Crippen molar-refractivity contribution in [3.8, 4) is 0 Å². The summed E-state index contributed by atoms with van der Waals surface area (Å²) in [4.78, 5) is 13.0. The number of hydrogen-bond acceptors (Lipinski definition) is 3. The number of benzene rings is 2. The van der Waals surface area contributed by atoms with Gasteiger partial charge in [0.05, 0.1) is 6.42 Å². The zero-order chi connectivity index (χ0) is 14.2. The van der Waals surface area contributed by atoms with E-state index < -0.39 is 0 Å². The van der Waals surface area contributed by atoms with Crippen molar-refractivity contribution in [1.82, 2.24) is 5.32 Å². The topological polar surface area (TPSA) is 55.1 Å². The Balaban J connectivity index is 1.68. The van der Waals surface area contributed by atoms with E-state index in [0.29, 0.717) is 18.7 Å². The fraction of sp³-hybridized carbons (Fsp3) is 0.188. The summed E-state index contributed by atoms with van der Waals surface area (Å²) in [6.07, 6.45) is 0.376. The Morgan fingerprint density at radius 1 is 1.10 bits per heavy atom. The number of carbonyl (C=O) groups is 1. The highest BCUT2D eigenvalue weighted by molar-refractivity contribution is 7.99. The van der Waals surface area contributed by atoms with Crippen LogP contribution in [0.1, 0.15) is 5.56 Å². The number of thioether (sulfide) groups is 1. The van der Waals surface area contributed by atoms with Crippen LogP contribution in [0.2, 0.25) is 0 Å². The molecule has 0 heterocycles. The van der Waals surface area contributed by atoms with Gasteiger partial charge in [0.25, 0.3) is 0 Å². The summed E-state index contributed by atoms with van der Waals surface area (Å²) in [6, 6.07) is 17.6. The molecule has 0 saturated carbocycles. The Kier molecular flexibility index (Phi) is 5.50. The van der Waals surface area contributed by atoms with Crippen molar-refractivity contribution in [2.24, 2.45) is 0 Å². The average Bonchev–Trinajstić information content (AvgIpc) is 2.45. The van der Waals surface area contributed by atoms with Gasteiger partial charge in [0.1, 0.15) is 0 Å². The van der Waals surface area contributed by atoms with E-state index in [0.717, 1.165) is 11.3 Å². The monoisotopic (exact) mass is 286 g/mol. The lowest BCUT2D eigenvalue weighted by molar-refractivity contribution is -0.120. The van der Waals surface area contributed by atoms with Crippen molar-refractivity contribution >= 4 is 23.4 Å². The molecular weight excluding hydrogens is 268 g/mol. The third-order valence-corrected chi connectivity index (χ3v) is 3.77. The van der Waals surface area contributed by atoms with Crippen molar-refractivity contribution < 1.29 is 4.79 Å². The zero-order valence-electron chi connectivity index (χ0n) is 11.2. The van der Waals surface area contributed by atoms with E-state index in [1.54, 1.807) is 11.8 Å². The summed E-state index contributed by atoms with van der Waals surface area (Å²) < 4.78 is 0. The molecule has 0 fully saturated rings. The maximum Gasteiger partial charge on any atom is 0.224 e. The van der Waals surface area contributed by atoms with Gasteiger partial charge in [-0.2, -0.15) is 0 Å². The second-order valence-electron chi connectivity index (χ2n) is 4.43. The molecule has 0 radical (unpaired) electrons. The van der Waals surface area contributed by atoms with Gasteiger partial charge in [0.2, 0.25) is 5.91 Å². The van der Waals surface area contributed by atoms with Crippen LogP contribution in [0.15, 0.2) is 59.5 Å². The van der Waals surface area contributed by atoms with Gasteiger partial charge in [-0.05, 0) is 29.8 Å². The van der Waals surface area contributed by atoms with Crippen molar-refractivity contribution in [3.05, 3.63) is 60.2 Å². The third kappa shape index (κ3) is 4.97. The van der Waals surface area contributed by atoms with Gasteiger partial charge >= 0.3 is 0 Å². The SMILES string of the molecule is Nc1cccc(CC(=O)NCCSc2ccccc2)c1. The second kappa shape index (κ2) is 7.60. The van der Waals surface area contributed by atoms with E-state index in [4.69, 9.17) is 5.73 Å². The van der Waals surface area contributed by atoms with E-state index in [2.05, 4.69) is 17.4 Å². The zero-order valence-corrected chi connectivity index (χ0v) is 12.0. The van der Waals surface area contributed by atoms with Gasteiger partial charge in [0.15, 0.2) is 0 Å². The predicted molar refractivity (Wildman–Crippen MR) is 84.7 cm³/mol. The fourth-order valence-electron chi connectivity index (χ4n) is 1.83. The minimum atomic E-state index is 0.0317. The molecule has 4 heteroatoms. The van der Waals surface area contributed by atoms with Gasteiger partial charge in [-0.25, -0.2) is 0 Å². The number of rotatable bonds is 6. The molecule has 0 saturated heterocycles. The van der Waals surface area contributed by atoms with E-state index in [1.807, 2.05) is 42.5 Å².